The normalized spacial score (nSPS) is 10.6. The summed E-state index contributed by atoms with van der Waals surface area (Å²) in [5.41, 5.74) is 5.18. The Morgan fingerprint density at radius 3 is 2.71 bits per heavy atom. The lowest BCUT2D eigenvalue weighted by Gasteiger charge is -2.20. The van der Waals surface area contributed by atoms with Gasteiger partial charge in [0, 0.05) is 38.3 Å². The number of carbonyl (C=O) groups is 1. The first kappa shape index (κ1) is 14.9. The largest absolute Gasteiger partial charge is 0.492 e. The number of aromatic carboxylic acids is 1. The van der Waals surface area contributed by atoms with Crippen molar-refractivity contribution in [2.75, 3.05) is 32.3 Å². The van der Waals surface area contributed by atoms with E-state index in [4.69, 9.17) is 15.6 Å². The molecule has 0 aliphatic heterocycles. The number of hydrogen-bond donors (Lipinski definition) is 2. The van der Waals surface area contributed by atoms with E-state index in [1.165, 1.54) is 6.20 Å². The Morgan fingerprint density at radius 1 is 1.43 bits per heavy atom. The molecular weight excluding hydrogens is 274 g/mol. The van der Waals surface area contributed by atoms with E-state index in [0.717, 1.165) is 0 Å². The number of fused-ring (bicyclic) bond motifs is 1. The van der Waals surface area contributed by atoms with E-state index in [1.54, 1.807) is 42.0 Å². The fourth-order valence-corrected chi connectivity index (χ4v) is 2.04. The van der Waals surface area contributed by atoms with E-state index >= 15 is 0 Å². The molecule has 0 spiro atoms. The van der Waals surface area contributed by atoms with Crippen LogP contribution in [-0.2, 0) is 0 Å². The van der Waals surface area contributed by atoms with Crippen LogP contribution in [0.4, 0.5) is 0 Å². The van der Waals surface area contributed by atoms with E-state index in [0.29, 0.717) is 29.8 Å². The molecule has 112 valence electrons. The Kier molecular flexibility index (Phi) is 4.13. The molecule has 2 rings (SSSR count). The minimum Gasteiger partial charge on any atom is -0.492 e. The van der Waals surface area contributed by atoms with Crippen LogP contribution in [0, 0.1) is 0 Å². The summed E-state index contributed by atoms with van der Waals surface area (Å²) in [7, 11) is 3.51. The molecule has 2 aromatic rings. The molecule has 3 N–H and O–H groups in total. The zero-order chi connectivity index (χ0) is 15.6. The van der Waals surface area contributed by atoms with Gasteiger partial charge in [-0.1, -0.05) is 0 Å². The van der Waals surface area contributed by atoms with Gasteiger partial charge in [-0.25, -0.2) is 4.79 Å². The monoisotopic (exact) mass is 291 g/mol. The molecule has 0 fully saturated rings. The Hall–Kier alpha value is -2.54. The molecule has 0 amide bonds. The van der Waals surface area contributed by atoms with E-state index in [-0.39, 0.29) is 5.56 Å². The molecule has 21 heavy (non-hydrogen) atoms. The van der Waals surface area contributed by atoms with Crippen LogP contribution in [0.2, 0.25) is 0 Å². The van der Waals surface area contributed by atoms with Crippen LogP contribution < -0.4 is 20.9 Å². The lowest BCUT2D eigenvalue weighted by Crippen LogP contribution is -2.29. The summed E-state index contributed by atoms with van der Waals surface area (Å²) < 4.78 is 7.03. The maximum atomic E-state index is 12.2. The van der Waals surface area contributed by atoms with Crippen LogP contribution in [0.5, 0.6) is 5.75 Å². The number of nitrogens with zero attached hydrogens (tertiary/aromatic N) is 2. The van der Waals surface area contributed by atoms with Crippen molar-refractivity contribution in [3.8, 4) is 5.75 Å². The molecule has 1 aromatic heterocycles. The third-order valence-corrected chi connectivity index (χ3v) is 3.00. The highest BCUT2D eigenvalue weighted by Gasteiger charge is 2.15. The molecule has 0 saturated carbocycles. The van der Waals surface area contributed by atoms with Gasteiger partial charge in [-0.3, -0.25) is 9.47 Å². The Labute approximate surface area is 121 Å². The summed E-state index contributed by atoms with van der Waals surface area (Å²) in [6.07, 6.45) is 1.31. The fourth-order valence-electron chi connectivity index (χ4n) is 2.04. The first-order chi connectivity index (χ1) is 9.95. The van der Waals surface area contributed by atoms with Gasteiger partial charge in [0.2, 0.25) is 5.43 Å². The number of pyridine rings is 1. The van der Waals surface area contributed by atoms with Crippen molar-refractivity contribution in [2.24, 2.45) is 5.73 Å². The Bertz CT molecular complexity index is 737. The first-order valence-corrected chi connectivity index (χ1v) is 6.39. The number of nitrogens with two attached hydrogens (primary N) is 1. The summed E-state index contributed by atoms with van der Waals surface area (Å²) >= 11 is 0. The standard InChI is InChI=1S/C14H17N3O4/c1-16(2)17-8-11(14(19)20)13(18)10-4-3-9(7-12(10)17)21-6-5-15/h3-4,7-8H,5-6,15H2,1-2H3,(H,19,20). The smallest absolute Gasteiger partial charge is 0.341 e. The summed E-state index contributed by atoms with van der Waals surface area (Å²) in [6.45, 7) is 0.751. The van der Waals surface area contributed by atoms with E-state index in [2.05, 4.69) is 0 Å². The van der Waals surface area contributed by atoms with Crippen molar-refractivity contribution >= 4 is 16.9 Å². The second kappa shape index (κ2) is 5.84. The number of rotatable bonds is 5. The van der Waals surface area contributed by atoms with E-state index in [1.807, 2.05) is 0 Å². The Balaban J connectivity index is 2.72. The number of carboxylic acid groups (broad SMARTS) is 1. The average Bonchev–Trinajstić information content (AvgIpc) is 2.44. The van der Waals surface area contributed by atoms with Crippen molar-refractivity contribution in [3.63, 3.8) is 0 Å². The molecule has 0 aliphatic carbocycles. The summed E-state index contributed by atoms with van der Waals surface area (Å²) in [5.74, 6) is -0.674. The SMILES string of the molecule is CN(C)n1cc(C(=O)O)c(=O)c2ccc(OCCN)cc21. The zero-order valence-corrected chi connectivity index (χ0v) is 11.9. The van der Waals surface area contributed by atoms with Crippen LogP contribution in [0.15, 0.2) is 29.2 Å². The topological polar surface area (TPSA) is 97.8 Å². The van der Waals surface area contributed by atoms with Gasteiger partial charge in [-0.15, -0.1) is 0 Å². The third-order valence-electron chi connectivity index (χ3n) is 3.00. The lowest BCUT2D eigenvalue weighted by atomic mass is 10.1. The number of aromatic nitrogens is 1. The van der Waals surface area contributed by atoms with Gasteiger partial charge in [0.15, 0.2) is 0 Å². The predicted molar refractivity (Wildman–Crippen MR) is 79.8 cm³/mol. The lowest BCUT2D eigenvalue weighted by molar-refractivity contribution is 0.0695. The van der Waals surface area contributed by atoms with Crippen molar-refractivity contribution in [2.45, 2.75) is 0 Å². The molecular formula is C14H17N3O4. The van der Waals surface area contributed by atoms with Gasteiger partial charge in [0.1, 0.15) is 17.9 Å². The Morgan fingerprint density at radius 2 is 2.14 bits per heavy atom. The molecule has 1 heterocycles. The van der Waals surface area contributed by atoms with Crippen molar-refractivity contribution in [3.05, 3.63) is 40.2 Å². The van der Waals surface area contributed by atoms with Crippen LogP contribution in [0.1, 0.15) is 10.4 Å². The van der Waals surface area contributed by atoms with E-state index in [9.17, 15) is 9.59 Å². The van der Waals surface area contributed by atoms with Gasteiger partial charge in [0.25, 0.3) is 0 Å². The fraction of sp³-hybridized carbons (Fsp3) is 0.286. The maximum absolute atomic E-state index is 12.2. The average molecular weight is 291 g/mol. The summed E-state index contributed by atoms with van der Waals surface area (Å²) in [5, 5.41) is 11.1. The second-order valence-corrected chi connectivity index (χ2v) is 4.68. The first-order valence-electron chi connectivity index (χ1n) is 6.39. The molecule has 0 unspecified atom stereocenters. The van der Waals surface area contributed by atoms with E-state index < -0.39 is 11.4 Å². The quantitative estimate of drug-likeness (QED) is 0.818. The molecule has 0 aliphatic rings. The predicted octanol–water partition coefficient (Wildman–Crippen LogP) is 0.235. The molecule has 0 saturated heterocycles. The van der Waals surface area contributed by atoms with Crippen LogP contribution >= 0.6 is 0 Å². The van der Waals surface area contributed by atoms with Gasteiger partial charge in [-0.05, 0) is 12.1 Å². The minimum absolute atomic E-state index is 0.271. The van der Waals surface area contributed by atoms with Crippen LogP contribution in [0.25, 0.3) is 10.9 Å². The highest BCUT2D eigenvalue weighted by molar-refractivity contribution is 5.93. The number of hydrogen-bond acceptors (Lipinski definition) is 5. The molecule has 0 atom stereocenters. The third kappa shape index (κ3) is 2.82. The molecule has 7 heteroatoms. The van der Waals surface area contributed by atoms with Gasteiger partial charge >= 0.3 is 5.97 Å². The number of carboxylic acids is 1. The molecule has 1 aromatic carbocycles. The molecule has 0 bridgehead atoms. The summed E-state index contributed by atoms with van der Waals surface area (Å²) in [6, 6.07) is 4.89. The van der Waals surface area contributed by atoms with Gasteiger partial charge in [-0.2, -0.15) is 0 Å². The zero-order valence-electron chi connectivity index (χ0n) is 11.9. The van der Waals surface area contributed by atoms with Crippen LogP contribution in [0.3, 0.4) is 0 Å². The highest BCUT2D eigenvalue weighted by Crippen LogP contribution is 2.19. The second-order valence-electron chi connectivity index (χ2n) is 4.68. The van der Waals surface area contributed by atoms with Crippen molar-refractivity contribution in [1.82, 2.24) is 4.68 Å². The van der Waals surface area contributed by atoms with Crippen molar-refractivity contribution in [1.29, 1.82) is 0 Å². The number of benzene rings is 1. The summed E-state index contributed by atoms with van der Waals surface area (Å²) in [4.78, 5) is 23.4. The minimum atomic E-state index is -1.25. The van der Waals surface area contributed by atoms with Crippen LogP contribution in [-0.4, -0.2) is 43.0 Å². The van der Waals surface area contributed by atoms with Gasteiger partial charge < -0.3 is 20.6 Å². The molecule has 7 nitrogen and oxygen atoms in total. The maximum Gasteiger partial charge on any atom is 0.341 e. The van der Waals surface area contributed by atoms with Gasteiger partial charge in [0.05, 0.1) is 5.52 Å². The van der Waals surface area contributed by atoms with Crippen molar-refractivity contribution < 1.29 is 14.6 Å². The molecule has 0 radical (unpaired) electrons. The highest BCUT2D eigenvalue weighted by atomic mass is 16.5. The number of ether oxygens (including phenoxy) is 1.